The van der Waals surface area contributed by atoms with E-state index >= 15 is 0 Å². The summed E-state index contributed by atoms with van der Waals surface area (Å²) in [6.07, 6.45) is 0. The lowest BCUT2D eigenvalue weighted by Crippen LogP contribution is -2.43. The molecule has 0 saturated heterocycles. The van der Waals surface area contributed by atoms with E-state index in [2.05, 4.69) is 10.9 Å². The van der Waals surface area contributed by atoms with Crippen LogP contribution in [-0.4, -0.2) is 25.0 Å². The maximum absolute atomic E-state index is 12.4. The van der Waals surface area contributed by atoms with Crippen LogP contribution in [0, 0.1) is 5.92 Å². The van der Waals surface area contributed by atoms with Gasteiger partial charge >= 0.3 is 0 Å². The van der Waals surface area contributed by atoms with Crippen molar-refractivity contribution in [1.29, 1.82) is 0 Å². The Morgan fingerprint density at radius 3 is 2.13 bits per heavy atom. The van der Waals surface area contributed by atoms with Crippen molar-refractivity contribution in [2.24, 2.45) is 5.92 Å². The van der Waals surface area contributed by atoms with Gasteiger partial charge in [0.2, 0.25) is 0 Å². The van der Waals surface area contributed by atoms with Crippen LogP contribution in [0.15, 0.2) is 78.9 Å². The second-order valence-corrected chi connectivity index (χ2v) is 7.38. The molecule has 0 aromatic heterocycles. The Labute approximate surface area is 182 Å². The third kappa shape index (κ3) is 6.60. The number of hydrogen-bond donors (Lipinski definition) is 2. The molecule has 0 saturated carbocycles. The van der Waals surface area contributed by atoms with Crippen LogP contribution < -0.4 is 20.3 Å². The molecule has 0 bridgehead atoms. The summed E-state index contributed by atoms with van der Waals surface area (Å²) in [4.78, 5) is 24.5. The minimum absolute atomic E-state index is 0.226. The van der Waals surface area contributed by atoms with Gasteiger partial charge in [0, 0.05) is 0 Å². The van der Waals surface area contributed by atoms with Crippen LogP contribution in [0.25, 0.3) is 11.1 Å². The number of carbonyl (C=O) groups is 2. The van der Waals surface area contributed by atoms with Crippen LogP contribution >= 0.6 is 0 Å². The standard InChI is InChI=1S/C25H26N2O4/c1-18(2)16-31-23-11-7-6-10-22(23)25(29)27-26-24(28)17-30-21-14-12-20(13-15-21)19-8-4-3-5-9-19/h3-15,18H,16-17H2,1-2H3,(H,26,28)(H,27,29). The first-order chi connectivity index (χ1) is 15.0. The van der Waals surface area contributed by atoms with Gasteiger partial charge < -0.3 is 9.47 Å². The van der Waals surface area contributed by atoms with E-state index in [-0.39, 0.29) is 6.61 Å². The second-order valence-electron chi connectivity index (χ2n) is 7.38. The van der Waals surface area contributed by atoms with Crippen LogP contribution in [0.5, 0.6) is 11.5 Å². The number of rotatable bonds is 8. The van der Waals surface area contributed by atoms with Gasteiger partial charge in [-0.25, -0.2) is 0 Å². The molecular formula is C25H26N2O4. The third-order valence-corrected chi connectivity index (χ3v) is 4.35. The van der Waals surface area contributed by atoms with Gasteiger partial charge in [-0.15, -0.1) is 0 Å². The van der Waals surface area contributed by atoms with Crippen LogP contribution in [0.1, 0.15) is 24.2 Å². The van der Waals surface area contributed by atoms with E-state index in [1.165, 1.54) is 0 Å². The SMILES string of the molecule is CC(C)COc1ccccc1C(=O)NNC(=O)COc1ccc(-c2ccccc2)cc1. The smallest absolute Gasteiger partial charge is 0.276 e. The summed E-state index contributed by atoms with van der Waals surface area (Å²) in [5, 5.41) is 0. The zero-order valence-electron chi connectivity index (χ0n) is 17.6. The quantitative estimate of drug-likeness (QED) is 0.537. The number of benzene rings is 3. The first-order valence-corrected chi connectivity index (χ1v) is 10.1. The summed E-state index contributed by atoms with van der Waals surface area (Å²) in [6, 6.07) is 24.3. The Bertz CT molecular complexity index is 1000. The van der Waals surface area contributed by atoms with Gasteiger partial charge in [0.15, 0.2) is 6.61 Å². The fourth-order valence-electron chi connectivity index (χ4n) is 2.79. The molecule has 0 spiro atoms. The molecule has 6 nitrogen and oxygen atoms in total. The number of para-hydroxylation sites is 1. The van der Waals surface area contributed by atoms with Gasteiger partial charge in [-0.2, -0.15) is 0 Å². The highest BCUT2D eigenvalue weighted by Gasteiger charge is 2.13. The molecule has 3 aromatic carbocycles. The average Bonchev–Trinajstić information content (AvgIpc) is 2.81. The molecule has 0 aliphatic heterocycles. The lowest BCUT2D eigenvalue weighted by Gasteiger charge is -2.13. The van der Waals surface area contributed by atoms with E-state index in [9.17, 15) is 9.59 Å². The summed E-state index contributed by atoms with van der Waals surface area (Å²) < 4.78 is 11.2. The van der Waals surface area contributed by atoms with Gasteiger partial charge in [-0.3, -0.25) is 20.4 Å². The second kappa shape index (κ2) is 10.8. The van der Waals surface area contributed by atoms with Crippen molar-refractivity contribution in [3.8, 4) is 22.6 Å². The van der Waals surface area contributed by atoms with Crippen LogP contribution in [0.2, 0.25) is 0 Å². The van der Waals surface area contributed by atoms with Gasteiger partial charge in [-0.1, -0.05) is 68.4 Å². The maximum Gasteiger partial charge on any atom is 0.276 e. The summed E-state index contributed by atoms with van der Waals surface area (Å²) in [5.74, 6) is 0.432. The lowest BCUT2D eigenvalue weighted by atomic mass is 10.1. The molecule has 0 atom stereocenters. The number of ether oxygens (including phenoxy) is 2. The van der Waals surface area contributed by atoms with E-state index < -0.39 is 11.8 Å². The molecule has 3 aromatic rings. The molecule has 0 aliphatic rings. The number of amides is 2. The number of hydrogen-bond acceptors (Lipinski definition) is 4. The summed E-state index contributed by atoms with van der Waals surface area (Å²) in [7, 11) is 0. The Hall–Kier alpha value is -3.80. The van der Waals surface area contributed by atoms with Gasteiger partial charge in [-0.05, 0) is 41.3 Å². The monoisotopic (exact) mass is 418 g/mol. The Morgan fingerprint density at radius 1 is 0.774 bits per heavy atom. The van der Waals surface area contributed by atoms with Crippen LogP contribution in [0.3, 0.4) is 0 Å². The number of nitrogens with one attached hydrogen (secondary N) is 2. The van der Waals surface area contributed by atoms with Crippen molar-refractivity contribution in [3.05, 3.63) is 84.4 Å². The highest BCUT2D eigenvalue weighted by atomic mass is 16.5. The van der Waals surface area contributed by atoms with Crippen LogP contribution in [-0.2, 0) is 4.79 Å². The molecule has 0 aliphatic carbocycles. The predicted octanol–water partition coefficient (Wildman–Crippen LogP) is 4.23. The molecule has 160 valence electrons. The Kier molecular flexibility index (Phi) is 7.65. The van der Waals surface area contributed by atoms with Gasteiger partial charge in [0.25, 0.3) is 11.8 Å². The highest BCUT2D eigenvalue weighted by Crippen LogP contribution is 2.22. The summed E-state index contributed by atoms with van der Waals surface area (Å²) in [6.45, 7) is 4.32. The lowest BCUT2D eigenvalue weighted by molar-refractivity contribution is -0.123. The van der Waals surface area contributed by atoms with Crippen molar-refractivity contribution in [3.63, 3.8) is 0 Å². The van der Waals surface area contributed by atoms with E-state index in [4.69, 9.17) is 9.47 Å². The zero-order chi connectivity index (χ0) is 22.1. The van der Waals surface area contributed by atoms with Crippen molar-refractivity contribution < 1.29 is 19.1 Å². The molecule has 31 heavy (non-hydrogen) atoms. The molecule has 2 N–H and O–H groups in total. The van der Waals surface area contributed by atoms with Crippen LogP contribution in [0.4, 0.5) is 0 Å². The summed E-state index contributed by atoms with van der Waals surface area (Å²) >= 11 is 0. The van der Waals surface area contributed by atoms with Crippen molar-refractivity contribution >= 4 is 11.8 Å². The largest absolute Gasteiger partial charge is 0.492 e. The minimum Gasteiger partial charge on any atom is -0.492 e. The van der Waals surface area contributed by atoms with E-state index in [0.29, 0.717) is 29.6 Å². The van der Waals surface area contributed by atoms with Gasteiger partial charge in [0.1, 0.15) is 11.5 Å². The molecule has 0 unspecified atom stereocenters. The van der Waals surface area contributed by atoms with Crippen molar-refractivity contribution in [2.45, 2.75) is 13.8 Å². The fraction of sp³-hybridized carbons (Fsp3) is 0.200. The summed E-state index contributed by atoms with van der Waals surface area (Å²) in [5.41, 5.74) is 7.27. The van der Waals surface area contributed by atoms with Crippen molar-refractivity contribution in [2.75, 3.05) is 13.2 Å². The molecule has 0 fully saturated rings. The van der Waals surface area contributed by atoms with E-state index in [0.717, 1.165) is 11.1 Å². The van der Waals surface area contributed by atoms with E-state index in [1.807, 2.05) is 56.3 Å². The molecule has 0 heterocycles. The fourth-order valence-corrected chi connectivity index (χ4v) is 2.79. The number of hydrazine groups is 1. The molecule has 3 rings (SSSR count). The molecular weight excluding hydrogens is 392 g/mol. The Morgan fingerprint density at radius 2 is 1.42 bits per heavy atom. The first-order valence-electron chi connectivity index (χ1n) is 10.1. The van der Waals surface area contributed by atoms with Gasteiger partial charge in [0.05, 0.1) is 12.2 Å². The minimum atomic E-state index is -0.471. The predicted molar refractivity (Wildman–Crippen MR) is 120 cm³/mol. The Balaban J connectivity index is 1.48. The topological polar surface area (TPSA) is 76.7 Å². The highest BCUT2D eigenvalue weighted by molar-refractivity contribution is 5.97. The molecule has 6 heteroatoms. The molecule has 0 radical (unpaired) electrons. The normalized spacial score (nSPS) is 10.4. The molecule has 2 amide bonds. The first kappa shape index (κ1) is 21.9. The third-order valence-electron chi connectivity index (χ3n) is 4.35. The zero-order valence-corrected chi connectivity index (χ0v) is 17.6. The number of carbonyl (C=O) groups excluding carboxylic acids is 2. The van der Waals surface area contributed by atoms with E-state index in [1.54, 1.807) is 36.4 Å². The van der Waals surface area contributed by atoms with Crippen molar-refractivity contribution in [1.82, 2.24) is 10.9 Å². The average molecular weight is 418 g/mol. The maximum atomic E-state index is 12.4.